The van der Waals surface area contributed by atoms with Crippen LogP contribution in [0.2, 0.25) is 5.15 Å². The van der Waals surface area contributed by atoms with Crippen molar-refractivity contribution in [2.45, 2.75) is 19.9 Å². The highest BCUT2D eigenvalue weighted by Crippen LogP contribution is 2.20. The molecular formula is C14H13ClN4. The standard InChI is InChI=1S/C14H13ClN4/c1-2-19-12-6-4-3-5-11(12)18-13(19)7-10-8-16-9-17-14(10)15/h3-6,8-9H,2,7H2,1H3. The molecule has 0 aliphatic heterocycles. The molecule has 2 aromatic heterocycles. The maximum atomic E-state index is 6.08. The van der Waals surface area contributed by atoms with Crippen LogP contribution in [-0.4, -0.2) is 19.5 Å². The van der Waals surface area contributed by atoms with Gasteiger partial charge in [0.25, 0.3) is 0 Å². The molecule has 0 aliphatic carbocycles. The summed E-state index contributed by atoms with van der Waals surface area (Å²) in [6.07, 6.45) is 3.84. The van der Waals surface area contributed by atoms with Crippen molar-refractivity contribution in [2.75, 3.05) is 0 Å². The van der Waals surface area contributed by atoms with Gasteiger partial charge in [-0.1, -0.05) is 23.7 Å². The van der Waals surface area contributed by atoms with E-state index in [4.69, 9.17) is 11.6 Å². The van der Waals surface area contributed by atoms with E-state index in [-0.39, 0.29) is 0 Å². The topological polar surface area (TPSA) is 43.6 Å². The summed E-state index contributed by atoms with van der Waals surface area (Å²) in [6, 6.07) is 8.13. The van der Waals surface area contributed by atoms with Crippen LogP contribution in [0.1, 0.15) is 18.3 Å². The van der Waals surface area contributed by atoms with Crippen LogP contribution in [0.4, 0.5) is 0 Å². The molecule has 96 valence electrons. The number of aryl methyl sites for hydroxylation is 1. The number of nitrogens with zero attached hydrogens (tertiary/aromatic N) is 4. The zero-order valence-corrected chi connectivity index (χ0v) is 11.3. The van der Waals surface area contributed by atoms with Crippen LogP contribution in [0.25, 0.3) is 11.0 Å². The predicted molar refractivity (Wildman–Crippen MR) is 75.3 cm³/mol. The van der Waals surface area contributed by atoms with Crippen molar-refractivity contribution >= 4 is 22.6 Å². The third kappa shape index (κ3) is 2.19. The molecule has 0 spiro atoms. The van der Waals surface area contributed by atoms with Crippen molar-refractivity contribution in [2.24, 2.45) is 0 Å². The Hall–Kier alpha value is -1.94. The van der Waals surface area contributed by atoms with Crippen LogP contribution in [0.15, 0.2) is 36.8 Å². The summed E-state index contributed by atoms with van der Waals surface area (Å²) in [6.45, 7) is 2.99. The second-order valence-electron chi connectivity index (χ2n) is 4.28. The first-order chi connectivity index (χ1) is 9.29. The first-order valence-corrected chi connectivity index (χ1v) is 6.56. The minimum atomic E-state index is 0.490. The lowest BCUT2D eigenvalue weighted by atomic mass is 10.2. The second-order valence-corrected chi connectivity index (χ2v) is 4.63. The molecule has 0 fully saturated rings. The molecule has 19 heavy (non-hydrogen) atoms. The summed E-state index contributed by atoms with van der Waals surface area (Å²) >= 11 is 6.08. The van der Waals surface area contributed by atoms with Crippen LogP contribution in [-0.2, 0) is 13.0 Å². The summed E-state index contributed by atoms with van der Waals surface area (Å²) in [4.78, 5) is 12.7. The van der Waals surface area contributed by atoms with E-state index in [9.17, 15) is 0 Å². The first kappa shape index (κ1) is 12.1. The Labute approximate surface area is 116 Å². The third-order valence-electron chi connectivity index (χ3n) is 3.13. The fraction of sp³-hybridized carbons (Fsp3) is 0.214. The zero-order valence-electron chi connectivity index (χ0n) is 10.5. The molecular weight excluding hydrogens is 260 g/mol. The number of para-hydroxylation sites is 2. The Morgan fingerprint density at radius 3 is 2.89 bits per heavy atom. The molecule has 0 saturated carbocycles. The molecule has 0 atom stereocenters. The highest BCUT2D eigenvalue weighted by molar-refractivity contribution is 6.30. The molecule has 3 rings (SSSR count). The Morgan fingerprint density at radius 1 is 1.26 bits per heavy atom. The van der Waals surface area contributed by atoms with Crippen molar-refractivity contribution in [3.63, 3.8) is 0 Å². The lowest BCUT2D eigenvalue weighted by Gasteiger charge is -2.06. The molecule has 2 heterocycles. The lowest BCUT2D eigenvalue weighted by Crippen LogP contribution is -2.03. The summed E-state index contributed by atoms with van der Waals surface area (Å²) in [5, 5.41) is 0.490. The molecule has 5 heteroatoms. The van der Waals surface area contributed by atoms with Crippen LogP contribution < -0.4 is 0 Å². The normalized spacial score (nSPS) is 11.1. The van der Waals surface area contributed by atoms with Gasteiger partial charge in [-0.3, -0.25) is 0 Å². The highest BCUT2D eigenvalue weighted by Gasteiger charge is 2.11. The van der Waals surface area contributed by atoms with E-state index in [2.05, 4.69) is 32.5 Å². The summed E-state index contributed by atoms with van der Waals surface area (Å²) in [5.74, 6) is 0.986. The largest absolute Gasteiger partial charge is 0.328 e. The van der Waals surface area contributed by atoms with Gasteiger partial charge in [0.15, 0.2) is 0 Å². The van der Waals surface area contributed by atoms with Gasteiger partial charge in [0.1, 0.15) is 17.3 Å². The predicted octanol–water partition coefficient (Wildman–Crippen LogP) is 3.09. The maximum absolute atomic E-state index is 6.08. The van der Waals surface area contributed by atoms with Gasteiger partial charge in [0.05, 0.1) is 11.0 Å². The number of hydrogen-bond acceptors (Lipinski definition) is 3. The zero-order chi connectivity index (χ0) is 13.2. The molecule has 3 aromatic rings. The molecule has 4 nitrogen and oxygen atoms in total. The molecule has 0 aliphatic rings. The van der Waals surface area contributed by atoms with Crippen LogP contribution >= 0.6 is 11.6 Å². The van der Waals surface area contributed by atoms with Gasteiger partial charge in [-0.05, 0) is 19.1 Å². The SMILES string of the molecule is CCn1c(Cc2cncnc2Cl)nc2ccccc21. The van der Waals surface area contributed by atoms with Gasteiger partial charge in [-0.2, -0.15) is 0 Å². The molecule has 1 aromatic carbocycles. The van der Waals surface area contributed by atoms with Gasteiger partial charge >= 0.3 is 0 Å². The molecule has 0 unspecified atom stereocenters. The molecule has 0 bridgehead atoms. The van der Waals surface area contributed by atoms with Crippen molar-refractivity contribution in [3.8, 4) is 0 Å². The number of imidazole rings is 1. The van der Waals surface area contributed by atoms with Gasteiger partial charge in [-0.25, -0.2) is 15.0 Å². The first-order valence-electron chi connectivity index (χ1n) is 6.18. The van der Waals surface area contributed by atoms with Crippen LogP contribution in [0.5, 0.6) is 0 Å². The minimum Gasteiger partial charge on any atom is -0.328 e. The van der Waals surface area contributed by atoms with Crippen LogP contribution in [0, 0.1) is 0 Å². The van der Waals surface area contributed by atoms with Crippen LogP contribution in [0.3, 0.4) is 0 Å². The maximum Gasteiger partial charge on any atom is 0.136 e. The second kappa shape index (κ2) is 4.97. The fourth-order valence-corrected chi connectivity index (χ4v) is 2.40. The minimum absolute atomic E-state index is 0.490. The Bertz CT molecular complexity index is 720. The number of rotatable bonds is 3. The van der Waals surface area contributed by atoms with E-state index >= 15 is 0 Å². The Morgan fingerprint density at radius 2 is 2.11 bits per heavy atom. The van der Waals surface area contributed by atoms with E-state index in [1.165, 1.54) is 6.33 Å². The van der Waals surface area contributed by atoms with E-state index in [0.29, 0.717) is 11.6 Å². The number of aromatic nitrogens is 4. The third-order valence-corrected chi connectivity index (χ3v) is 3.47. The van der Waals surface area contributed by atoms with Crippen molar-refractivity contribution in [1.29, 1.82) is 0 Å². The smallest absolute Gasteiger partial charge is 0.136 e. The molecule has 0 saturated heterocycles. The van der Waals surface area contributed by atoms with E-state index in [0.717, 1.165) is 29.0 Å². The van der Waals surface area contributed by atoms with Gasteiger partial charge in [-0.15, -0.1) is 0 Å². The average Bonchev–Trinajstić information content (AvgIpc) is 2.78. The average molecular weight is 273 g/mol. The molecule has 0 radical (unpaired) electrons. The number of benzene rings is 1. The van der Waals surface area contributed by atoms with Crippen molar-refractivity contribution in [1.82, 2.24) is 19.5 Å². The Balaban J connectivity index is 2.08. The number of halogens is 1. The lowest BCUT2D eigenvalue weighted by molar-refractivity contribution is 0.732. The quantitative estimate of drug-likeness (QED) is 0.688. The monoisotopic (exact) mass is 272 g/mol. The molecule has 0 N–H and O–H groups in total. The fourth-order valence-electron chi connectivity index (χ4n) is 2.25. The van der Waals surface area contributed by atoms with E-state index in [1.807, 2.05) is 18.2 Å². The summed E-state index contributed by atoms with van der Waals surface area (Å²) < 4.78 is 2.19. The van der Waals surface area contributed by atoms with Gasteiger partial charge < -0.3 is 4.57 Å². The van der Waals surface area contributed by atoms with Gasteiger partial charge in [0.2, 0.25) is 0 Å². The molecule has 0 amide bonds. The van der Waals surface area contributed by atoms with Gasteiger partial charge in [0, 0.05) is 24.7 Å². The Kier molecular flexibility index (Phi) is 3.17. The summed E-state index contributed by atoms with van der Waals surface area (Å²) in [7, 11) is 0. The number of fused-ring (bicyclic) bond motifs is 1. The van der Waals surface area contributed by atoms with Crippen molar-refractivity contribution in [3.05, 3.63) is 53.3 Å². The summed E-state index contributed by atoms with van der Waals surface area (Å²) in [5.41, 5.74) is 3.05. The highest BCUT2D eigenvalue weighted by atomic mass is 35.5. The number of hydrogen-bond donors (Lipinski definition) is 0. The van der Waals surface area contributed by atoms with E-state index in [1.54, 1.807) is 6.20 Å². The van der Waals surface area contributed by atoms with Crippen molar-refractivity contribution < 1.29 is 0 Å². The van der Waals surface area contributed by atoms with E-state index < -0.39 is 0 Å².